The van der Waals surface area contributed by atoms with E-state index in [-0.39, 0.29) is 40.9 Å². The summed E-state index contributed by atoms with van der Waals surface area (Å²) in [5.74, 6) is -0.753. The highest BCUT2D eigenvalue weighted by Crippen LogP contribution is 2.27. The summed E-state index contributed by atoms with van der Waals surface area (Å²) in [6, 6.07) is 3.55. The van der Waals surface area contributed by atoms with Crippen molar-refractivity contribution < 1.29 is 17.6 Å². The highest BCUT2D eigenvalue weighted by atomic mass is 35.5. The first kappa shape index (κ1) is 20.1. The molecule has 1 saturated heterocycles. The number of carbonyl (C=O) groups is 1. The summed E-state index contributed by atoms with van der Waals surface area (Å²) in [7, 11) is -1.94. The van der Waals surface area contributed by atoms with Gasteiger partial charge >= 0.3 is 0 Å². The monoisotopic (exact) mass is 390 g/mol. The summed E-state index contributed by atoms with van der Waals surface area (Å²) in [6.07, 6.45) is 1.84. The summed E-state index contributed by atoms with van der Waals surface area (Å²) >= 11 is 5.69. The third kappa shape index (κ3) is 4.33. The molecule has 8 heteroatoms. The number of sulfonamides is 1. The summed E-state index contributed by atoms with van der Waals surface area (Å²) < 4.78 is 39.9. The molecule has 0 aromatic heterocycles. The molecule has 2 rings (SSSR count). The van der Waals surface area contributed by atoms with Crippen molar-refractivity contribution in [2.24, 2.45) is 5.92 Å². The molecule has 5 nitrogen and oxygen atoms in total. The van der Waals surface area contributed by atoms with Gasteiger partial charge in [-0.2, -0.15) is 4.31 Å². The number of nitrogens with zero attached hydrogens (tertiary/aromatic N) is 2. The van der Waals surface area contributed by atoms with Crippen molar-refractivity contribution in [3.63, 3.8) is 0 Å². The Morgan fingerprint density at radius 3 is 2.52 bits per heavy atom. The molecule has 0 radical (unpaired) electrons. The van der Waals surface area contributed by atoms with Crippen LogP contribution in [0.25, 0.3) is 0 Å². The van der Waals surface area contributed by atoms with E-state index in [0.29, 0.717) is 12.8 Å². The fraction of sp³-hybridized carbons (Fsp3) is 0.588. The normalized spacial score (nSPS) is 18.1. The molecule has 0 bridgehead atoms. The Morgan fingerprint density at radius 1 is 1.40 bits per heavy atom. The molecule has 140 valence electrons. The number of hydrogen-bond donors (Lipinski definition) is 0. The molecule has 0 aliphatic carbocycles. The number of halogens is 2. The van der Waals surface area contributed by atoms with E-state index in [4.69, 9.17) is 11.6 Å². The molecule has 1 aromatic rings. The van der Waals surface area contributed by atoms with Gasteiger partial charge in [0, 0.05) is 32.1 Å². The van der Waals surface area contributed by atoms with Crippen LogP contribution in [-0.4, -0.2) is 49.7 Å². The predicted molar refractivity (Wildman–Crippen MR) is 95.4 cm³/mol. The van der Waals surface area contributed by atoms with E-state index in [2.05, 4.69) is 0 Å². The minimum absolute atomic E-state index is 0.0274. The van der Waals surface area contributed by atoms with Gasteiger partial charge in [-0.1, -0.05) is 18.5 Å². The fourth-order valence-corrected chi connectivity index (χ4v) is 4.65. The lowest BCUT2D eigenvalue weighted by Gasteiger charge is -2.34. The van der Waals surface area contributed by atoms with Crippen molar-refractivity contribution in [2.75, 3.05) is 20.1 Å². The van der Waals surface area contributed by atoms with E-state index in [1.807, 2.05) is 13.8 Å². The minimum atomic E-state index is -3.73. The van der Waals surface area contributed by atoms with Crippen molar-refractivity contribution in [2.45, 2.75) is 44.0 Å². The molecule has 0 spiro atoms. The van der Waals surface area contributed by atoms with Crippen LogP contribution in [0.2, 0.25) is 5.02 Å². The van der Waals surface area contributed by atoms with E-state index in [1.54, 1.807) is 11.9 Å². The van der Waals surface area contributed by atoms with Gasteiger partial charge in [-0.3, -0.25) is 4.79 Å². The second-order valence-electron chi connectivity index (χ2n) is 6.46. The Hall–Kier alpha value is -1.18. The fourth-order valence-electron chi connectivity index (χ4n) is 2.91. The lowest BCUT2D eigenvalue weighted by molar-refractivity contribution is -0.137. The molecule has 0 N–H and O–H groups in total. The van der Waals surface area contributed by atoms with Crippen molar-refractivity contribution in [3.05, 3.63) is 29.0 Å². The number of piperidine rings is 1. The Bertz CT molecular complexity index is 733. The van der Waals surface area contributed by atoms with Gasteiger partial charge in [0.25, 0.3) is 0 Å². The highest BCUT2D eigenvalue weighted by molar-refractivity contribution is 7.89. The van der Waals surface area contributed by atoms with E-state index in [0.717, 1.165) is 18.6 Å². The first-order valence-corrected chi connectivity index (χ1v) is 10.2. The Morgan fingerprint density at radius 2 is 2.00 bits per heavy atom. The second kappa shape index (κ2) is 8.01. The molecule has 1 amide bonds. The zero-order valence-corrected chi connectivity index (χ0v) is 16.3. The molecule has 1 aromatic carbocycles. The molecule has 1 heterocycles. The van der Waals surface area contributed by atoms with Crippen LogP contribution in [0.3, 0.4) is 0 Å². The van der Waals surface area contributed by atoms with Crippen LogP contribution in [-0.2, 0) is 14.8 Å². The number of benzene rings is 1. The van der Waals surface area contributed by atoms with Crippen molar-refractivity contribution >= 4 is 27.5 Å². The number of rotatable bonds is 5. The smallest absolute Gasteiger partial charge is 0.243 e. The van der Waals surface area contributed by atoms with Gasteiger partial charge in [0.05, 0.1) is 9.92 Å². The van der Waals surface area contributed by atoms with Crippen LogP contribution in [0.1, 0.15) is 33.1 Å². The third-order valence-corrected chi connectivity index (χ3v) is 7.12. The second-order valence-corrected chi connectivity index (χ2v) is 8.81. The van der Waals surface area contributed by atoms with E-state index < -0.39 is 15.8 Å². The molecule has 1 atom stereocenters. The zero-order chi connectivity index (χ0) is 18.8. The van der Waals surface area contributed by atoms with Gasteiger partial charge in [-0.25, -0.2) is 12.8 Å². The maximum Gasteiger partial charge on any atom is 0.243 e. The van der Waals surface area contributed by atoms with Crippen LogP contribution < -0.4 is 0 Å². The lowest BCUT2D eigenvalue weighted by atomic mass is 9.96. The lowest BCUT2D eigenvalue weighted by Crippen LogP contribution is -2.45. The first-order chi connectivity index (χ1) is 11.7. The topological polar surface area (TPSA) is 57.7 Å². The molecular formula is C17H24ClFN2O3S. The quantitative estimate of drug-likeness (QED) is 0.776. The van der Waals surface area contributed by atoms with E-state index in [9.17, 15) is 17.6 Å². The standard InChI is InChI=1S/C17H24ClFN2O3S/c1-4-12(2)20(3)17(22)13-7-9-21(10-8-13)25(23,24)14-5-6-16(19)15(18)11-14/h5-6,11-13H,4,7-10H2,1-3H3. The van der Waals surface area contributed by atoms with Gasteiger partial charge < -0.3 is 4.90 Å². The first-order valence-electron chi connectivity index (χ1n) is 8.40. The highest BCUT2D eigenvalue weighted by Gasteiger charge is 2.34. The molecule has 1 fully saturated rings. The largest absolute Gasteiger partial charge is 0.343 e. The minimum Gasteiger partial charge on any atom is -0.343 e. The zero-order valence-electron chi connectivity index (χ0n) is 14.7. The van der Waals surface area contributed by atoms with Gasteiger partial charge in [-0.05, 0) is 44.4 Å². The van der Waals surface area contributed by atoms with Crippen LogP contribution >= 0.6 is 11.6 Å². The molecule has 0 saturated carbocycles. The maximum absolute atomic E-state index is 13.3. The average molecular weight is 391 g/mol. The Kier molecular flexibility index (Phi) is 6.45. The summed E-state index contributed by atoms with van der Waals surface area (Å²) in [4.78, 5) is 14.2. The maximum atomic E-state index is 13.3. The van der Waals surface area contributed by atoms with Crippen molar-refractivity contribution in [1.82, 2.24) is 9.21 Å². The summed E-state index contributed by atoms with van der Waals surface area (Å²) in [5, 5.41) is -0.221. The van der Waals surface area contributed by atoms with Gasteiger partial charge in [0.15, 0.2) is 0 Å². The summed E-state index contributed by atoms with van der Waals surface area (Å²) in [5.41, 5.74) is 0. The molecule has 25 heavy (non-hydrogen) atoms. The Labute approximate surface area is 153 Å². The van der Waals surface area contributed by atoms with E-state index in [1.165, 1.54) is 10.4 Å². The van der Waals surface area contributed by atoms with Crippen LogP contribution in [0.15, 0.2) is 23.1 Å². The van der Waals surface area contributed by atoms with Gasteiger partial charge in [-0.15, -0.1) is 0 Å². The van der Waals surface area contributed by atoms with Crippen LogP contribution in [0.4, 0.5) is 4.39 Å². The Balaban J connectivity index is 2.06. The predicted octanol–water partition coefficient (Wildman–Crippen LogP) is 3.14. The van der Waals surface area contributed by atoms with Crippen molar-refractivity contribution in [1.29, 1.82) is 0 Å². The van der Waals surface area contributed by atoms with Gasteiger partial charge in [0.2, 0.25) is 15.9 Å². The molecule has 1 unspecified atom stereocenters. The third-order valence-electron chi connectivity index (χ3n) is 4.93. The SMILES string of the molecule is CCC(C)N(C)C(=O)C1CCN(S(=O)(=O)c2ccc(F)c(Cl)c2)CC1. The number of carbonyl (C=O) groups excluding carboxylic acids is 1. The average Bonchev–Trinajstić information content (AvgIpc) is 2.62. The van der Waals surface area contributed by atoms with Crippen molar-refractivity contribution in [3.8, 4) is 0 Å². The molecular weight excluding hydrogens is 367 g/mol. The molecule has 1 aliphatic heterocycles. The summed E-state index contributed by atoms with van der Waals surface area (Å²) in [6.45, 7) is 4.55. The van der Waals surface area contributed by atoms with E-state index >= 15 is 0 Å². The molecule has 1 aliphatic rings. The van der Waals surface area contributed by atoms with Gasteiger partial charge in [0.1, 0.15) is 5.82 Å². The van der Waals surface area contributed by atoms with Crippen LogP contribution in [0.5, 0.6) is 0 Å². The number of hydrogen-bond acceptors (Lipinski definition) is 3. The van der Waals surface area contributed by atoms with Crippen LogP contribution in [0, 0.1) is 11.7 Å². The number of amides is 1.